The minimum absolute atomic E-state index is 0.190. The summed E-state index contributed by atoms with van der Waals surface area (Å²) in [5.74, 6) is -2.34. The van der Waals surface area contributed by atoms with Gasteiger partial charge in [0.25, 0.3) is 0 Å². The molecule has 39 heavy (non-hydrogen) atoms. The molecule has 3 aromatic carbocycles. The SMILES string of the molecule is O=C(Nc1ccc(Cl)c(C(F)(F)F)c1)Nc1ccc(Oc2ccc3ncc(N4CCCC4)nc3c2)c(F)c1F. The lowest BCUT2D eigenvalue weighted by molar-refractivity contribution is -0.137. The van der Waals surface area contributed by atoms with Crippen molar-refractivity contribution in [1.29, 1.82) is 0 Å². The molecule has 0 unspecified atom stereocenters. The highest BCUT2D eigenvalue weighted by Gasteiger charge is 2.33. The number of urea groups is 1. The molecule has 2 heterocycles. The second-order valence-corrected chi connectivity index (χ2v) is 9.09. The number of ether oxygens (including phenoxy) is 1. The number of carbonyl (C=O) groups is 1. The number of amides is 2. The number of nitrogens with one attached hydrogen (secondary N) is 2. The van der Waals surface area contributed by atoms with Gasteiger partial charge in [-0.2, -0.15) is 17.6 Å². The first kappa shape index (κ1) is 26.4. The molecule has 1 aliphatic heterocycles. The summed E-state index contributed by atoms with van der Waals surface area (Å²) >= 11 is 5.56. The Hall–Kier alpha value is -4.19. The Morgan fingerprint density at radius 1 is 0.949 bits per heavy atom. The smallest absolute Gasteiger partial charge is 0.417 e. The van der Waals surface area contributed by atoms with Gasteiger partial charge in [0.1, 0.15) is 11.6 Å². The molecule has 4 aromatic rings. The van der Waals surface area contributed by atoms with Crippen molar-refractivity contribution in [1.82, 2.24) is 9.97 Å². The van der Waals surface area contributed by atoms with E-state index in [0.717, 1.165) is 56.0 Å². The fraction of sp³-hybridized carbons (Fsp3) is 0.192. The summed E-state index contributed by atoms with van der Waals surface area (Å²) in [5, 5.41) is 3.64. The van der Waals surface area contributed by atoms with E-state index in [-0.39, 0.29) is 11.4 Å². The van der Waals surface area contributed by atoms with Crippen LogP contribution in [0.5, 0.6) is 11.5 Å². The van der Waals surface area contributed by atoms with E-state index < -0.39 is 45.9 Å². The largest absolute Gasteiger partial charge is 0.454 e. The quantitative estimate of drug-likeness (QED) is 0.244. The van der Waals surface area contributed by atoms with Crippen LogP contribution >= 0.6 is 11.6 Å². The van der Waals surface area contributed by atoms with E-state index in [4.69, 9.17) is 16.3 Å². The highest BCUT2D eigenvalue weighted by Crippen LogP contribution is 2.36. The van der Waals surface area contributed by atoms with Crippen molar-refractivity contribution in [2.75, 3.05) is 28.6 Å². The number of anilines is 3. The highest BCUT2D eigenvalue weighted by molar-refractivity contribution is 6.31. The molecule has 0 saturated carbocycles. The van der Waals surface area contributed by atoms with E-state index in [9.17, 15) is 26.7 Å². The Labute approximate surface area is 223 Å². The molecule has 1 aromatic heterocycles. The van der Waals surface area contributed by atoms with Gasteiger partial charge < -0.3 is 20.3 Å². The molecule has 5 rings (SSSR count). The lowest BCUT2D eigenvalue weighted by atomic mass is 10.2. The lowest BCUT2D eigenvalue weighted by Gasteiger charge is -2.16. The van der Waals surface area contributed by atoms with E-state index in [1.807, 2.05) is 0 Å². The average molecular weight is 564 g/mol. The number of nitrogens with zero attached hydrogens (tertiary/aromatic N) is 3. The molecule has 1 saturated heterocycles. The van der Waals surface area contributed by atoms with Crippen LogP contribution in [0.1, 0.15) is 18.4 Å². The maximum Gasteiger partial charge on any atom is 0.417 e. The van der Waals surface area contributed by atoms with Gasteiger partial charge >= 0.3 is 12.2 Å². The highest BCUT2D eigenvalue weighted by atomic mass is 35.5. The number of halogens is 6. The van der Waals surface area contributed by atoms with E-state index in [0.29, 0.717) is 17.1 Å². The van der Waals surface area contributed by atoms with Crippen molar-refractivity contribution in [3.05, 3.63) is 76.9 Å². The van der Waals surface area contributed by atoms with Gasteiger partial charge in [-0.1, -0.05) is 11.6 Å². The van der Waals surface area contributed by atoms with E-state index in [2.05, 4.69) is 25.5 Å². The van der Waals surface area contributed by atoms with Gasteiger partial charge in [-0.3, -0.25) is 4.98 Å². The monoisotopic (exact) mass is 563 g/mol. The van der Waals surface area contributed by atoms with Crippen LogP contribution in [0, 0.1) is 11.6 Å². The van der Waals surface area contributed by atoms with E-state index in [1.54, 1.807) is 18.3 Å². The van der Waals surface area contributed by atoms with Crippen LogP contribution in [0.3, 0.4) is 0 Å². The number of rotatable bonds is 5. The molecule has 1 aliphatic rings. The summed E-state index contributed by atoms with van der Waals surface area (Å²) in [4.78, 5) is 23.3. The molecule has 2 amide bonds. The second kappa shape index (κ2) is 10.5. The van der Waals surface area contributed by atoms with Crippen LogP contribution in [0.15, 0.2) is 54.7 Å². The number of hydrogen-bond acceptors (Lipinski definition) is 5. The number of fused-ring (bicyclic) bond motifs is 1. The molecular weight excluding hydrogens is 545 g/mol. The van der Waals surface area contributed by atoms with Gasteiger partial charge in [0.2, 0.25) is 5.82 Å². The van der Waals surface area contributed by atoms with Crippen molar-refractivity contribution >= 4 is 45.9 Å². The van der Waals surface area contributed by atoms with Crippen LogP contribution in [-0.2, 0) is 6.18 Å². The summed E-state index contributed by atoms with van der Waals surface area (Å²) in [6.07, 6.45) is -0.919. The average Bonchev–Trinajstić information content (AvgIpc) is 3.44. The lowest BCUT2D eigenvalue weighted by Crippen LogP contribution is -2.21. The van der Waals surface area contributed by atoms with Gasteiger partial charge in [-0.15, -0.1) is 0 Å². The first-order valence-electron chi connectivity index (χ1n) is 11.7. The van der Waals surface area contributed by atoms with Gasteiger partial charge in [0, 0.05) is 24.8 Å². The minimum Gasteiger partial charge on any atom is -0.454 e. The number of carbonyl (C=O) groups excluding carboxylic acids is 1. The van der Waals surface area contributed by atoms with Gasteiger partial charge in [-0.05, 0) is 55.3 Å². The normalized spacial score (nSPS) is 13.5. The van der Waals surface area contributed by atoms with Crippen LogP contribution in [0.2, 0.25) is 5.02 Å². The van der Waals surface area contributed by atoms with Crippen LogP contribution in [0.4, 0.5) is 43.9 Å². The zero-order chi connectivity index (χ0) is 27.7. The standard InChI is InChI=1S/C26H19ClF5N5O2/c27-17-5-3-14(11-16(17)26(30,31)32)34-25(38)36-19-7-8-21(24(29)23(19)28)39-15-4-6-18-20(12-15)35-22(13-33-18)37-9-1-2-10-37/h3-8,11-13H,1-2,9-10H2,(H2,34,36,38). The molecule has 1 fully saturated rings. The molecule has 0 aliphatic carbocycles. The molecule has 0 spiro atoms. The van der Waals surface area contributed by atoms with Crippen molar-refractivity contribution < 1.29 is 31.5 Å². The van der Waals surface area contributed by atoms with Gasteiger partial charge in [-0.25, -0.2) is 14.2 Å². The number of hydrogen-bond donors (Lipinski definition) is 2. The first-order valence-corrected chi connectivity index (χ1v) is 12.1. The summed E-state index contributed by atoms with van der Waals surface area (Å²) in [5.41, 5.74) is -0.846. The summed E-state index contributed by atoms with van der Waals surface area (Å²) in [6, 6.07) is 8.51. The Kier molecular flexibility index (Phi) is 7.13. The molecule has 202 valence electrons. The molecule has 2 N–H and O–H groups in total. The number of benzene rings is 3. The van der Waals surface area contributed by atoms with Crippen molar-refractivity contribution in [2.24, 2.45) is 0 Å². The van der Waals surface area contributed by atoms with Crippen LogP contribution in [-0.4, -0.2) is 29.1 Å². The first-order chi connectivity index (χ1) is 18.6. The fourth-order valence-electron chi connectivity index (χ4n) is 4.08. The van der Waals surface area contributed by atoms with E-state index >= 15 is 0 Å². The molecule has 0 bridgehead atoms. The maximum absolute atomic E-state index is 14.8. The third-order valence-corrected chi connectivity index (χ3v) is 6.31. The third-order valence-electron chi connectivity index (χ3n) is 5.98. The Morgan fingerprint density at radius 2 is 1.72 bits per heavy atom. The van der Waals surface area contributed by atoms with Gasteiger partial charge in [0.05, 0.1) is 33.5 Å². The van der Waals surface area contributed by atoms with Crippen LogP contribution < -0.4 is 20.3 Å². The molecule has 7 nitrogen and oxygen atoms in total. The Balaban J connectivity index is 1.30. The maximum atomic E-state index is 14.8. The third kappa shape index (κ3) is 5.80. The second-order valence-electron chi connectivity index (χ2n) is 8.69. The summed E-state index contributed by atoms with van der Waals surface area (Å²) < 4.78 is 74.2. The molecule has 0 atom stereocenters. The van der Waals surface area contributed by atoms with Crippen LogP contribution in [0.25, 0.3) is 11.0 Å². The number of alkyl halides is 3. The van der Waals surface area contributed by atoms with E-state index in [1.165, 1.54) is 6.07 Å². The zero-order valence-corrected chi connectivity index (χ0v) is 20.7. The van der Waals surface area contributed by atoms with Crippen molar-refractivity contribution in [3.63, 3.8) is 0 Å². The fourth-order valence-corrected chi connectivity index (χ4v) is 4.31. The Morgan fingerprint density at radius 3 is 2.46 bits per heavy atom. The number of aromatic nitrogens is 2. The predicted molar refractivity (Wildman–Crippen MR) is 137 cm³/mol. The van der Waals surface area contributed by atoms with Crippen molar-refractivity contribution in [2.45, 2.75) is 19.0 Å². The summed E-state index contributed by atoms with van der Waals surface area (Å²) in [7, 11) is 0. The summed E-state index contributed by atoms with van der Waals surface area (Å²) in [6.45, 7) is 1.77. The molecule has 0 radical (unpaired) electrons. The van der Waals surface area contributed by atoms with Gasteiger partial charge in [0.15, 0.2) is 11.6 Å². The Bertz CT molecular complexity index is 1560. The topological polar surface area (TPSA) is 79.4 Å². The predicted octanol–water partition coefficient (Wildman–Crippen LogP) is 7.62. The molecule has 13 heteroatoms. The van der Waals surface area contributed by atoms with Crippen molar-refractivity contribution in [3.8, 4) is 11.5 Å². The minimum atomic E-state index is -4.75. The zero-order valence-electron chi connectivity index (χ0n) is 20.0. The molecular formula is C26H19ClF5N5O2.